The van der Waals surface area contributed by atoms with Crippen LogP contribution in [-0.2, 0) is 4.74 Å². The summed E-state index contributed by atoms with van der Waals surface area (Å²) in [6, 6.07) is 17.7. The minimum atomic E-state index is -0.363. The highest BCUT2D eigenvalue weighted by atomic mass is 79.9. The van der Waals surface area contributed by atoms with E-state index in [1.165, 1.54) is 12.0 Å². The lowest BCUT2D eigenvalue weighted by Crippen LogP contribution is -2.33. The number of hydrogen-bond donors (Lipinski definition) is 0. The van der Waals surface area contributed by atoms with E-state index in [0.717, 1.165) is 33.5 Å². The largest absolute Gasteiger partial charge is 0.465 e. The highest BCUT2D eigenvalue weighted by Gasteiger charge is 2.41. The molecule has 0 unspecified atom stereocenters. The predicted octanol–water partition coefficient (Wildman–Crippen LogP) is 5.54. The van der Waals surface area contributed by atoms with Crippen LogP contribution >= 0.6 is 27.3 Å². The Morgan fingerprint density at radius 3 is 2.79 bits per heavy atom. The van der Waals surface area contributed by atoms with Crippen LogP contribution < -0.4 is 4.74 Å². The number of nitrogens with zero attached hydrogens (tertiary/aromatic N) is 2. The fraction of sp³-hybridized carbons (Fsp3) is 0.182. The van der Waals surface area contributed by atoms with Crippen molar-refractivity contribution in [3.63, 3.8) is 0 Å². The molecule has 2 aliphatic heterocycles. The van der Waals surface area contributed by atoms with Gasteiger partial charge in [0.1, 0.15) is 5.75 Å². The fourth-order valence-electron chi connectivity index (χ4n) is 3.77. The monoisotopic (exact) mass is 468 g/mol. The van der Waals surface area contributed by atoms with E-state index in [-0.39, 0.29) is 18.2 Å². The number of halogens is 1. The maximum Gasteiger partial charge on any atom is 0.337 e. The summed E-state index contributed by atoms with van der Waals surface area (Å²) in [4.78, 5) is 12.9. The summed E-state index contributed by atoms with van der Waals surface area (Å²) in [5, 5.41) is 9.05. The summed E-state index contributed by atoms with van der Waals surface area (Å²) in [5.41, 5.74) is 3.64. The molecule has 0 saturated heterocycles. The number of benzene rings is 2. The van der Waals surface area contributed by atoms with Crippen molar-refractivity contribution in [2.24, 2.45) is 5.10 Å². The third-order valence-electron chi connectivity index (χ3n) is 5.17. The van der Waals surface area contributed by atoms with Crippen molar-refractivity contribution in [2.45, 2.75) is 18.7 Å². The van der Waals surface area contributed by atoms with E-state index in [0.29, 0.717) is 5.56 Å². The highest BCUT2D eigenvalue weighted by molar-refractivity contribution is 9.10. The van der Waals surface area contributed by atoms with Crippen LogP contribution in [-0.4, -0.2) is 23.8 Å². The summed E-state index contributed by atoms with van der Waals surface area (Å²) in [6.07, 6.45) is 0.460. The van der Waals surface area contributed by atoms with Gasteiger partial charge >= 0.3 is 5.97 Å². The molecule has 3 aromatic rings. The highest BCUT2D eigenvalue weighted by Crippen LogP contribution is 2.48. The van der Waals surface area contributed by atoms with Gasteiger partial charge in [-0.1, -0.05) is 34.1 Å². The van der Waals surface area contributed by atoms with Crippen molar-refractivity contribution in [1.29, 1.82) is 0 Å². The van der Waals surface area contributed by atoms with Crippen LogP contribution in [0.1, 0.15) is 45.1 Å². The van der Waals surface area contributed by atoms with Crippen LogP contribution in [0, 0.1) is 0 Å². The Hall–Kier alpha value is -2.64. The summed E-state index contributed by atoms with van der Waals surface area (Å²) in [5.74, 6) is 0.507. The molecule has 7 heteroatoms. The molecule has 2 atom stereocenters. The van der Waals surface area contributed by atoms with E-state index in [2.05, 4.69) is 33.4 Å². The van der Waals surface area contributed by atoms with Gasteiger partial charge in [-0.25, -0.2) is 9.80 Å². The first-order chi connectivity index (χ1) is 14.1. The predicted molar refractivity (Wildman–Crippen MR) is 115 cm³/mol. The second-order valence-electron chi connectivity index (χ2n) is 6.89. The number of esters is 1. The molecule has 0 spiro atoms. The topological polar surface area (TPSA) is 51.1 Å². The Morgan fingerprint density at radius 1 is 1.24 bits per heavy atom. The molecule has 2 aliphatic rings. The van der Waals surface area contributed by atoms with Gasteiger partial charge in [-0.3, -0.25) is 0 Å². The van der Waals surface area contributed by atoms with Gasteiger partial charge in [0, 0.05) is 22.0 Å². The summed E-state index contributed by atoms with van der Waals surface area (Å²) in [6.45, 7) is 0. The van der Waals surface area contributed by atoms with E-state index in [1.807, 2.05) is 35.3 Å². The molecule has 0 N–H and O–H groups in total. The first kappa shape index (κ1) is 18.4. The molecule has 0 saturated carbocycles. The number of hydrogen-bond acceptors (Lipinski definition) is 6. The zero-order valence-electron chi connectivity index (χ0n) is 15.5. The minimum absolute atomic E-state index is 0.0960. The lowest BCUT2D eigenvalue weighted by atomic mass is 9.97. The molecule has 0 fully saturated rings. The molecule has 0 aliphatic carbocycles. The molecular formula is C22H17BrN2O3S. The molecule has 2 aromatic carbocycles. The smallest absolute Gasteiger partial charge is 0.337 e. The van der Waals surface area contributed by atoms with Crippen molar-refractivity contribution in [2.75, 3.05) is 7.11 Å². The van der Waals surface area contributed by atoms with Gasteiger partial charge in [0.2, 0.25) is 6.23 Å². The van der Waals surface area contributed by atoms with Crippen molar-refractivity contribution < 1.29 is 14.3 Å². The number of hydrazone groups is 1. The number of methoxy groups -OCH3 is 1. The van der Waals surface area contributed by atoms with Crippen LogP contribution in [0.4, 0.5) is 0 Å². The number of carbonyl (C=O) groups excluding carboxylic acids is 1. The summed E-state index contributed by atoms with van der Waals surface area (Å²) >= 11 is 5.27. The van der Waals surface area contributed by atoms with Gasteiger partial charge in [0.25, 0.3) is 0 Å². The van der Waals surface area contributed by atoms with Gasteiger partial charge < -0.3 is 9.47 Å². The first-order valence-electron chi connectivity index (χ1n) is 9.18. The zero-order chi connectivity index (χ0) is 20.0. The van der Waals surface area contributed by atoms with Crippen molar-refractivity contribution >= 4 is 38.9 Å². The molecular weight excluding hydrogens is 452 g/mol. The maximum atomic E-state index is 11.8. The average Bonchev–Trinajstić information content (AvgIpc) is 3.43. The van der Waals surface area contributed by atoms with Crippen LogP contribution in [0.5, 0.6) is 5.75 Å². The second-order valence-corrected chi connectivity index (χ2v) is 8.75. The van der Waals surface area contributed by atoms with E-state index in [9.17, 15) is 4.79 Å². The van der Waals surface area contributed by atoms with Crippen molar-refractivity contribution in [3.8, 4) is 5.75 Å². The molecule has 0 radical (unpaired) electrons. The molecule has 146 valence electrons. The van der Waals surface area contributed by atoms with E-state index in [1.54, 1.807) is 23.5 Å². The lowest BCUT2D eigenvalue weighted by Gasteiger charge is -2.38. The van der Waals surface area contributed by atoms with E-state index < -0.39 is 0 Å². The van der Waals surface area contributed by atoms with Crippen LogP contribution in [0.2, 0.25) is 0 Å². The Kier molecular flexibility index (Phi) is 4.64. The molecule has 29 heavy (non-hydrogen) atoms. The van der Waals surface area contributed by atoms with Crippen molar-refractivity contribution in [3.05, 3.63) is 86.0 Å². The molecule has 1 aromatic heterocycles. The van der Waals surface area contributed by atoms with Gasteiger partial charge in [-0.15, -0.1) is 11.3 Å². The first-order valence-corrected chi connectivity index (χ1v) is 10.9. The maximum absolute atomic E-state index is 11.8. The Labute approximate surface area is 180 Å². The number of rotatable bonds is 3. The minimum Gasteiger partial charge on any atom is -0.465 e. The van der Waals surface area contributed by atoms with Gasteiger partial charge in [-0.05, 0) is 41.8 Å². The average molecular weight is 469 g/mol. The van der Waals surface area contributed by atoms with Crippen LogP contribution in [0.3, 0.4) is 0 Å². The third kappa shape index (κ3) is 3.24. The van der Waals surface area contributed by atoms with E-state index in [4.69, 9.17) is 14.6 Å². The molecule has 5 nitrogen and oxygen atoms in total. The van der Waals surface area contributed by atoms with Gasteiger partial charge in [-0.2, -0.15) is 5.10 Å². The van der Waals surface area contributed by atoms with Crippen LogP contribution in [0.15, 0.2) is 69.6 Å². The quantitative estimate of drug-likeness (QED) is 0.473. The number of carbonyl (C=O) groups is 1. The number of fused-ring (bicyclic) bond motifs is 3. The Bertz CT molecular complexity index is 1100. The molecule has 3 heterocycles. The third-order valence-corrected chi connectivity index (χ3v) is 6.59. The SMILES string of the molecule is COC(=O)c1ccc([C@H]2Oc3ccc(Br)cc3[C@@H]3CC(c4cccs4)=NN23)cc1. The molecule has 0 amide bonds. The van der Waals surface area contributed by atoms with Gasteiger partial charge in [0.15, 0.2) is 0 Å². The summed E-state index contributed by atoms with van der Waals surface area (Å²) < 4.78 is 12.2. The molecule has 5 rings (SSSR count). The Morgan fingerprint density at radius 2 is 2.07 bits per heavy atom. The summed E-state index contributed by atoms with van der Waals surface area (Å²) in [7, 11) is 1.38. The normalized spacial score (nSPS) is 19.8. The zero-order valence-corrected chi connectivity index (χ0v) is 17.9. The molecule has 0 bridgehead atoms. The fourth-order valence-corrected chi connectivity index (χ4v) is 4.87. The van der Waals surface area contributed by atoms with Crippen molar-refractivity contribution in [1.82, 2.24) is 5.01 Å². The van der Waals surface area contributed by atoms with Crippen LogP contribution in [0.25, 0.3) is 0 Å². The Balaban J connectivity index is 1.56. The van der Waals surface area contributed by atoms with Gasteiger partial charge in [0.05, 0.1) is 29.3 Å². The number of ether oxygens (including phenoxy) is 2. The second kappa shape index (κ2) is 7.31. The number of thiophene rings is 1. The standard InChI is InChI=1S/C22H17BrN2O3S/c1-27-22(26)14-6-4-13(5-7-14)21-25-18(12-17(24-25)20-3-2-10-29-20)16-11-15(23)8-9-19(16)28-21/h2-11,18,21H,12H2,1H3/t18-,21+/m0/s1. The van der Waals surface area contributed by atoms with E-state index >= 15 is 0 Å². The lowest BCUT2D eigenvalue weighted by molar-refractivity contribution is -0.0191.